The van der Waals surface area contributed by atoms with Crippen molar-refractivity contribution in [1.29, 1.82) is 0 Å². The number of halogens is 1. The highest BCUT2D eigenvalue weighted by atomic mass is 35.5. The van der Waals surface area contributed by atoms with Crippen molar-refractivity contribution in [3.63, 3.8) is 0 Å². The maximum atomic E-state index is 11.2. The van der Waals surface area contributed by atoms with Gasteiger partial charge in [0, 0.05) is 11.4 Å². The van der Waals surface area contributed by atoms with Crippen LogP contribution in [0.25, 0.3) is 0 Å². The molecular formula is C20H23ClO4. The van der Waals surface area contributed by atoms with Crippen LogP contribution in [0.15, 0.2) is 48.5 Å². The van der Waals surface area contributed by atoms with Gasteiger partial charge in [0.1, 0.15) is 11.3 Å². The topological polar surface area (TPSA) is 55.8 Å². The van der Waals surface area contributed by atoms with Crippen LogP contribution in [0.3, 0.4) is 0 Å². The molecule has 0 bridgehead atoms. The van der Waals surface area contributed by atoms with Crippen LogP contribution < -0.4 is 4.74 Å². The van der Waals surface area contributed by atoms with Crippen molar-refractivity contribution >= 4 is 17.6 Å². The van der Waals surface area contributed by atoms with Gasteiger partial charge in [0.05, 0.1) is 19.3 Å². The Labute approximate surface area is 153 Å². The van der Waals surface area contributed by atoms with Gasteiger partial charge in [-0.25, -0.2) is 4.79 Å². The van der Waals surface area contributed by atoms with Gasteiger partial charge in [0.2, 0.25) is 0 Å². The van der Waals surface area contributed by atoms with Crippen molar-refractivity contribution in [3.8, 4) is 5.75 Å². The maximum absolute atomic E-state index is 11.2. The Morgan fingerprint density at radius 3 is 2.68 bits per heavy atom. The monoisotopic (exact) mass is 362 g/mol. The first kappa shape index (κ1) is 19.3. The molecule has 0 aromatic heterocycles. The van der Waals surface area contributed by atoms with Crippen molar-refractivity contribution in [2.45, 2.75) is 38.9 Å². The Morgan fingerprint density at radius 2 is 1.96 bits per heavy atom. The number of aromatic carboxylic acids is 1. The molecule has 4 nitrogen and oxygen atoms in total. The smallest absolute Gasteiger partial charge is 0.339 e. The Morgan fingerprint density at radius 1 is 1.16 bits per heavy atom. The zero-order valence-corrected chi connectivity index (χ0v) is 15.0. The second-order valence-electron chi connectivity index (χ2n) is 5.79. The van der Waals surface area contributed by atoms with Gasteiger partial charge in [-0.2, -0.15) is 0 Å². The van der Waals surface area contributed by atoms with Crippen LogP contribution in [0.4, 0.5) is 0 Å². The number of ether oxygens (including phenoxy) is 2. The summed E-state index contributed by atoms with van der Waals surface area (Å²) in [7, 11) is 0. The molecule has 1 atom stereocenters. The molecule has 0 radical (unpaired) electrons. The lowest BCUT2D eigenvalue weighted by atomic mass is 10.1. The molecule has 0 saturated carbocycles. The molecule has 1 unspecified atom stereocenters. The highest BCUT2D eigenvalue weighted by molar-refractivity contribution is 6.30. The molecule has 0 saturated heterocycles. The highest BCUT2D eigenvalue weighted by Gasteiger charge is 2.12. The van der Waals surface area contributed by atoms with Crippen molar-refractivity contribution in [3.05, 3.63) is 64.7 Å². The lowest BCUT2D eigenvalue weighted by Crippen LogP contribution is -2.17. The third-order valence-electron chi connectivity index (χ3n) is 3.80. The Hall–Kier alpha value is -2.04. The molecule has 0 aliphatic carbocycles. The molecule has 0 aliphatic rings. The molecule has 2 rings (SSSR count). The van der Waals surface area contributed by atoms with Gasteiger partial charge < -0.3 is 14.6 Å². The summed E-state index contributed by atoms with van der Waals surface area (Å²) >= 11 is 5.99. The van der Waals surface area contributed by atoms with E-state index in [0.29, 0.717) is 30.4 Å². The quantitative estimate of drug-likeness (QED) is 0.631. The van der Waals surface area contributed by atoms with Gasteiger partial charge in [-0.3, -0.25) is 0 Å². The summed E-state index contributed by atoms with van der Waals surface area (Å²) < 4.78 is 11.6. The van der Waals surface area contributed by atoms with E-state index in [-0.39, 0.29) is 11.7 Å². The summed E-state index contributed by atoms with van der Waals surface area (Å²) in [5, 5.41) is 9.87. The molecule has 5 heteroatoms. The standard InChI is InChI=1S/C20H23ClO4/c1-2-6-17(25-14-15-7-5-8-16(21)13-15)11-12-24-19-10-4-3-9-18(19)20(22)23/h3-5,7-10,13,17H,2,6,11-12,14H2,1H3,(H,22,23). The number of carboxylic acid groups (broad SMARTS) is 1. The minimum atomic E-state index is -0.988. The van der Waals surface area contributed by atoms with E-state index in [2.05, 4.69) is 6.92 Å². The van der Waals surface area contributed by atoms with Gasteiger partial charge in [0.15, 0.2) is 0 Å². The summed E-state index contributed by atoms with van der Waals surface area (Å²) in [6, 6.07) is 14.3. The molecule has 1 N–H and O–H groups in total. The van der Waals surface area contributed by atoms with Crippen LogP contribution >= 0.6 is 11.6 Å². The molecule has 2 aromatic rings. The average molecular weight is 363 g/mol. The maximum Gasteiger partial charge on any atom is 0.339 e. The van der Waals surface area contributed by atoms with Crippen LogP contribution in [-0.4, -0.2) is 23.8 Å². The average Bonchev–Trinajstić information content (AvgIpc) is 2.60. The zero-order valence-electron chi connectivity index (χ0n) is 14.3. The third-order valence-corrected chi connectivity index (χ3v) is 4.04. The van der Waals surface area contributed by atoms with Gasteiger partial charge in [-0.15, -0.1) is 0 Å². The number of rotatable bonds is 10. The third kappa shape index (κ3) is 6.40. The van der Waals surface area contributed by atoms with Crippen molar-refractivity contribution < 1.29 is 19.4 Å². The first-order valence-corrected chi connectivity index (χ1v) is 8.79. The van der Waals surface area contributed by atoms with Crippen molar-refractivity contribution in [2.24, 2.45) is 0 Å². The van der Waals surface area contributed by atoms with E-state index >= 15 is 0 Å². The molecule has 0 amide bonds. The summed E-state index contributed by atoms with van der Waals surface area (Å²) in [6.45, 7) is 3.01. The fraction of sp³-hybridized carbons (Fsp3) is 0.350. The summed E-state index contributed by atoms with van der Waals surface area (Å²) in [6.07, 6.45) is 2.68. The molecular weight excluding hydrogens is 340 g/mol. The fourth-order valence-corrected chi connectivity index (χ4v) is 2.76. The first-order valence-electron chi connectivity index (χ1n) is 8.41. The van der Waals surface area contributed by atoms with Crippen LogP contribution in [-0.2, 0) is 11.3 Å². The highest BCUT2D eigenvalue weighted by Crippen LogP contribution is 2.19. The Bertz CT molecular complexity index is 687. The van der Waals surface area contributed by atoms with Crippen LogP contribution in [0.1, 0.15) is 42.1 Å². The fourth-order valence-electron chi connectivity index (χ4n) is 2.54. The Balaban J connectivity index is 1.86. The van der Waals surface area contributed by atoms with Gasteiger partial charge in [0.25, 0.3) is 0 Å². The predicted molar refractivity (Wildman–Crippen MR) is 98.5 cm³/mol. The number of benzene rings is 2. The summed E-state index contributed by atoms with van der Waals surface area (Å²) in [5.41, 5.74) is 1.21. The predicted octanol–water partition coefficient (Wildman–Crippen LogP) is 5.19. The SMILES string of the molecule is CCCC(CCOc1ccccc1C(=O)O)OCc1cccc(Cl)c1. The zero-order chi connectivity index (χ0) is 18.1. The normalized spacial score (nSPS) is 11.9. The van der Waals surface area contributed by atoms with E-state index in [9.17, 15) is 9.90 Å². The minimum absolute atomic E-state index is 0.0565. The van der Waals surface area contributed by atoms with Crippen LogP contribution in [0.2, 0.25) is 5.02 Å². The lowest BCUT2D eigenvalue weighted by molar-refractivity contribution is 0.0206. The lowest BCUT2D eigenvalue weighted by Gasteiger charge is -2.18. The molecule has 25 heavy (non-hydrogen) atoms. The minimum Gasteiger partial charge on any atom is -0.493 e. The van der Waals surface area contributed by atoms with Crippen LogP contribution in [0.5, 0.6) is 5.75 Å². The molecule has 0 spiro atoms. The van der Waals surface area contributed by atoms with Gasteiger partial charge >= 0.3 is 5.97 Å². The second-order valence-corrected chi connectivity index (χ2v) is 6.23. The Kier molecular flexibility index (Phi) is 7.76. The van der Waals surface area contributed by atoms with E-state index in [0.717, 1.165) is 18.4 Å². The van der Waals surface area contributed by atoms with Crippen molar-refractivity contribution in [2.75, 3.05) is 6.61 Å². The van der Waals surface area contributed by atoms with Gasteiger partial charge in [-0.1, -0.05) is 49.2 Å². The molecule has 2 aromatic carbocycles. The number of hydrogen-bond acceptors (Lipinski definition) is 3. The van der Waals surface area contributed by atoms with E-state index in [4.69, 9.17) is 21.1 Å². The number of carboxylic acids is 1. The molecule has 134 valence electrons. The molecule has 0 fully saturated rings. The largest absolute Gasteiger partial charge is 0.493 e. The van der Waals surface area contributed by atoms with Crippen LogP contribution in [0, 0.1) is 0 Å². The molecule has 0 aliphatic heterocycles. The van der Waals surface area contributed by atoms with E-state index in [1.54, 1.807) is 18.2 Å². The number of hydrogen-bond donors (Lipinski definition) is 1. The van der Waals surface area contributed by atoms with E-state index in [1.807, 2.05) is 24.3 Å². The number of para-hydroxylation sites is 1. The van der Waals surface area contributed by atoms with Gasteiger partial charge in [-0.05, 0) is 36.2 Å². The second kappa shape index (κ2) is 10.1. The molecule has 0 heterocycles. The number of carbonyl (C=O) groups is 1. The van der Waals surface area contributed by atoms with E-state index in [1.165, 1.54) is 6.07 Å². The van der Waals surface area contributed by atoms with Crippen molar-refractivity contribution in [1.82, 2.24) is 0 Å². The van der Waals surface area contributed by atoms with E-state index < -0.39 is 5.97 Å². The first-order chi connectivity index (χ1) is 12.1. The summed E-state index contributed by atoms with van der Waals surface area (Å²) in [4.78, 5) is 11.2. The summed E-state index contributed by atoms with van der Waals surface area (Å²) in [5.74, 6) is -0.599.